The van der Waals surface area contributed by atoms with E-state index in [0.717, 1.165) is 0 Å². The first-order chi connectivity index (χ1) is 4.98. The third-order valence-electron chi connectivity index (χ3n) is 1.58. The molecule has 3 nitrogen and oxygen atoms in total. The van der Waals surface area contributed by atoms with Crippen molar-refractivity contribution in [1.82, 2.24) is 0 Å². The van der Waals surface area contributed by atoms with Gasteiger partial charge in [-0.1, -0.05) is 6.58 Å². The third kappa shape index (κ3) is 2.25. The molecule has 0 atom stereocenters. The summed E-state index contributed by atoms with van der Waals surface area (Å²) in [6, 6.07) is 0. The molecule has 4 heteroatoms. The molecular weight excluding hydrogens is 160 g/mol. The first-order valence-electron chi connectivity index (χ1n) is 3.28. The minimum absolute atomic E-state index is 0.172. The average Bonchev–Trinajstić information content (AvgIpc) is 2.01. The molecule has 0 bridgehead atoms. The maximum Gasteiger partial charge on any atom is 0.211 e. The molecule has 0 saturated carbocycles. The zero-order valence-electron chi connectivity index (χ0n) is 7.43. The van der Waals surface area contributed by atoms with Gasteiger partial charge >= 0.3 is 0 Å². The van der Waals surface area contributed by atoms with Crippen LogP contribution in [0.2, 0.25) is 0 Å². The number of ketones is 1. The molecule has 0 aromatic carbocycles. The summed E-state index contributed by atoms with van der Waals surface area (Å²) in [6.07, 6.45) is 0. The number of Topliss-reactive ketones (excluding diaryl/α,β-unsaturated/α-hetero) is 1. The van der Waals surface area contributed by atoms with Crippen molar-refractivity contribution < 1.29 is 14.3 Å². The lowest BCUT2D eigenvalue weighted by atomic mass is 10.2. The van der Waals surface area contributed by atoms with Crippen LogP contribution in [0.4, 0.5) is 0 Å². The predicted octanol–water partition coefficient (Wildman–Crippen LogP) is -0.556. The Morgan fingerprint density at radius 1 is 1.45 bits per heavy atom. The van der Waals surface area contributed by atoms with Crippen LogP contribution in [0, 0.1) is 0 Å². The van der Waals surface area contributed by atoms with Crippen LogP contribution in [-0.2, 0) is 14.3 Å². The lowest BCUT2D eigenvalue weighted by Gasteiger charge is -2.24. The van der Waals surface area contributed by atoms with Gasteiger partial charge in [-0.2, -0.15) is 0 Å². The number of hydrogen-bond acceptors (Lipinski definition) is 3. The van der Waals surface area contributed by atoms with Gasteiger partial charge in [0.15, 0.2) is 0 Å². The van der Waals surface area contributed by atoms with Crippen LogP contribution < -0.4 is 0 Å². The Bertz CT molecular complexity index is 173. The van der Waals surface area contributed by atoms with Crippen molar-refractivity contribution >= 4 is 16.0 Å². The molecule has 0 saturated heterocycles. The molecule has 0 aliphatic rings. The Kier molecular flexibility index (Phi) is 3.64. The van der Waals surface area contributed by atoms with Crippen molar-refractivity contribution in [2.45, 2.75) is 12.3 Å². The Labute approximate surface area is 69.8 Å². The largest absolute Gasteiger partial charge is 0.351 e. The lowest BCUT2D eigenvalue weighted by molar-refractivity contribution is -0.167. The Balaban J connectivity index is 4.50. The average molecular weight is 174 g/mol. The first-order valence-corrected chi connectivity index (χ1v) is 4.28. The van der Waals surface area contributed by atoms with E-state index >= 15 is 0 Å². The molecule has 0 rings (SSSR count). The number of rotatable bonds is 4. The molecule has 0 N–H and O–H groups in total. The molecule has 11 heavy (non-hydrogen) atoms. The van der Waals surface area contributed by atoms with Crippen LogP contribution >= 0.6 is 0 Å². The van der Waals surface area contributed by atoms with E-state index in [0.29, 0.717) is 15.8 Å². The quantitative estimate of drug-likeness (QED) is 0.326. The summed E-state index contributed by atoms with van der Waals surface area (Å²) < 4.78 is 9.88. The van der Waals surface area contributed by atoms with Gasteiger partial charge in [0.2, 0.25) is 11.2 Å². The number of hydrogen-bond donors (Lipinski definition) is 0. The molecule has 0 aromatic rings. The van der Waals surface area contributed by atoms with Gasteiger partial charge in [-0.15, -0.1) is 0 Å². The van der Waals surface area contributed by atoms with Crippen molar-refractivity contribution in [3.63, 3.8) is 0 Å². The van der Waals surface area contributed by atoms with Gasteiger partial charge in [0.25, 0.3) is 0 Å². The molecular formula is C7H14O3Si. The smallest absolute Gasteiger partial charge is 0.211 e. The molecule has 64 valence electrons. The molecule has 0 aliphatic heterocycles. The fraction of sp³-hybridized carbons (Fsp3) is 0.571. The molecule has 0 spiro atoms. The van der Waals surface area contributed by atoms with Gasteiger partial charge in [0.1, 0.15) is 0 Å². The normalized spacial score (nSPS) is 11.5. The van der Waals surface area contributed by atoms with Gasteiger partial charge in [-0.25, -0.2) is 0 Å². The Morgan fingerprint density at radius 3 is 1.91 bits per heavy atom. The number of carbonyl (C=O) groups is 1. The fourth-order valence-electron chi connectivity index (χ4n) is 0.656. The summed E-state index contributed by atoms with van der Waals surface area (Å²) in [4.78, 5) is 11.3. The summed E-state index contributed by atoms with van der Waals surface area (Å²) in [5.74, 6) is -0.172. The molecule has 0 aliphatic carbocycles. The minimum atomic E-state index is -1.04. The maximum absolute atomic E-state index is 11.3. The lowest BCUT2D eigenvalue weighted by Crippen LogP contribution is -2.43. The van der Waals surface area contributed by atoms with E-state index in [1.165, 1.54) is 14.2 Å². The van der Waals surface area contributed by atoms with E-state index in [9.17, 15) is 4.79 Å². The van der Waals surface area contributed by atoms with Crippen molar-refractivity contribution in [1.29, 1.82) is 0 Å². The molecule has 0 radical (unpaired) electrons. The van der Waals surface area contributed by atoms with Crippen LogP contribution in [-0.4, -0.2) is 35.7 Å². The molecule has 0 amide bonds. The Morgan fingerprint density at radius 2 is 1.82 bits per heavy atom. The highest BCUT2D eigenvalue weighted by molar-refractivity contribution is 6.29. The van der Waals surface area contributed by atoms with E-state index in [-0.39, 0.29) is 5.78 Å². The zero-order valence-corrected chi connectivity index (χ0v) is 9.43. The standard InChI is InChI=1S/C7H14O3Si/c1-5(2)6(8)7(11,9-3)10-4/h1H2,2-4,11H3. The predicted molar refractivity (Wildman–Crippen MR) is 46.5 cm³/mol. The first kappa shape index (κ1) is 10.5. The fourth-order valence-corrected chi connectivity index (χ4v) is 1.08. The Hall–Kier alpha value is -0.453. The molecule has 0 aromatic heterocycles. The number of methoxy groups -OCH3 is 2. The van der Waals surface area contributed by atoms with E-state index < -0.39 is 5.41 Å². The second-order valence-corrected chi connectivity index (χ2v) is 3.78. The van der Waals surface area contributed by atoms with Crippen molar-refractivity contribution in [2.24, 2.45) is 0 Å². The topological polar surface area (TPSA) is 35.5 Å². The van der Waals surface area contributed by atoms with Gasteiger partial charge in [0, 0.05) is 14.2 Å². The second-order valence-electron chi connectivity index (χ2n) is 2.46. The van der Waals surface area contributed by atoms with Crippen molar-refractivity contribution in [2.75, 3.05) is 14.2 Å². The highest BCUT2D eigenvalue weighted by Crippen LogP contribution is 2.11. The van der Waals surface area contributed by atoms with Gasteiger partial charge < -0.3 is 9.47 Å². The SMILES string of the molecule is C=C(C)C(=O)C([SiH3])(OC)OC. The summed E-state index contributed by atoms with van der Waals surface area (Å²) in [5, 5.41) is 0. The maximum atomic E-state index is 11.3. The van der Waals surface area contributed by atoms with E-state index in [1.807, 2.05) is 0 Å². The van der Waals surface area contributed by atoms with Gasteiger partial charge in [-0.05, 0) is 12.5 Å². The monoisotopic (exact) mass is 174 g/mol. The van der Waals surface area contributed by atoms with Crippen LogP contribution in [0.3, 0.4) is 0 Å². The molecule has 0 unspecified atom stereocenters. The molecule has 0 fully saturated rings. The second kappa shape index (κ2) is 3.80. The number of carbonyl (C=O) groups excluding carboxylic acids is 1. The number of ether oxygens (including phenoxy) is 2. The molecule has 0 heterocycles. The van der Waals surface area contributed by atoms with Gasteiger partial charge in [-0.3, -0.25) is 4.79 Å². The third-order valence-corrected chi connectivity index (χ3v) is 2.85. The van der Waals surface area contributed by atoms with Crippen molar-refractivity contribution in [3.05, 3.63) is 12.2 Å². The van der Waals surface area contributed by atoms with Crippen LogP contribution in [0.15, 0.2) is 12.2 Å². The minimum Gasteiger partial charge on any atom is -0.351 e. The van der Waals surface area contributed by atoms with Gasteiger partial charge in [0.05, 0.1) is 10.2 Å². The zero-order chi connectivity index (χ0) is 9.07. The van der Waals surface area contributed by atoms with Crippen LogP contribution in [0.25, 0.3) is 0 Å². The van der Waals surface area contributed by atoms with Crippen molar-refractivity contribution in [3.8, 4) is 0 Å². The van der Waals surface area contributed by atoms with E-state index in [2.05, 4.69) is 6.58 Å². The summed E-state index contributed by atoms with van der Waals surface area (Å²) >= 11 is 0. The highest BCUT2D eigenvalue weighted by Gasteiger charge is 2.32. The summed E-state index contributed by atoms with van der Waals surface area (Å²) in [5.41, 5.74) is -0.574. The summed E-state index contributed by atoms with van der Waals surface area (Å²) in [7, 11) is 3.41. The summed E-state index contributed by atoms with van der Waals surface area (Å²) in [6.45, 7) is 5.18. The van der Waals surface area contributed by atoms with Crippen LogP contribution in [0.5, 0.6) is 0 Å². The van der Waals surface area contributed by atoms with E-state index in [4.69, 9.17) is 9.47 Å². The van der Waals surface area contributed by atoms with E-state index in [1.54, 1.807) is 6.92 Å². The highest BCUT2D eigenvalue weighted by atomic mass is 28.1. The van der Waals surface area contributed by atoms with Crippen LogP contribution in [0.1, 0.15) is 6.92 Å².